The number of nitrogens with zero attached hydrogens (tertiary/aromatic N) is 1. The molecule has 0 bridgehead atoms. The van der Waals surface area contributed by atoms with Crippen molar-refractivity contribution in [1.82, 2.24) is 5.32 Å². The molecule has 3 N–H and O–H groups in total. The maximum atomic E-state index is 5.76. The minimum atomic E-state index is 0.283. The summed E-state index contributed by atoms with van der Waals surface area (Å²) in [5.74, 6) is 0.545. The lowest BCUT2D eigenvalue weighted by Gasteiger charge is -2.10. The first-order valence-electron chi connectivity index (χ1n) is 5.90. The molecule has 0 amide bonds. The highest BCUT2D eigenvalue weighted by Gasteiger charge is 2.14. The van der Waals surface area contributed by atoms with Crippen molar-refractivity contribution in [3.05, 3.63) is 0 Å². The van der Waals surface area contributed by atoms with Gasteiger partial charge in [-0.15, -0.1) is 0 Å². The van der Waals surface area contributed by atoms with Crippen molar-refractivity contribution in [1.29, 1.82) is 0 Å². The Morgan fingerprint density at radius 2 is 2.50 bits per heavy atom. The summed E-state index contributed by atoms with van der Waals surface area (Å²) in [5.41, 5.74) is 5.76. The van der Waals surface area contributed by atoms with Crippen LogP contribution in [0, 0.1) is 0 Å². The molecule has 16 heavy (non-hydrogen) atoms. The summed E-state index contributed by atoms with van der Waals surface area (Å²) in [5, 5.41) is 3.80. The monoisotopic (exact) mass is 245 g/mol. The molecule has 0 spiro atoms. The molecule has 2 atom stereocenters. The summed E-state index contributed by atoms with van der Waals surface area (Å²) in [6.07, 6.45) is 5.78. The lowest BCUT2D eigenvalue weighted by atomic mass is 10.2. The molecule has 4 nitrogen and oxygen atoms in total. The van der Waals surface area contributed by atoms with Gasteiger partial charge in [-0.2, -0.15) is 11.8 Å². The van der Waals surface area contributed by atoms with Gasteiger partial charge < -0.3 is 15.8 Å². The van der Waals surface area contributed by atoms with E-state index in [4.69, 9.17) is 10.5 Å². The van der Waals surface area contributed by atoms with Crippen molar-refractivity contribution in [2.24, 2.45) is 10.7 Å². The summed E-state index contributed by atoms with van der Waals surface area (Å²) in [7, 11) is 0. The molecular weight excluding hydrogens is 222 g/mol. The average Bonchev–Trinajstić information content (AvgIpc) is 2.79. The summed E-state index contributed by atoms with van der Waals surface area (Å²) in [6.45, 7) is 4.67. The van der Waals surface area contributed by atoms with Gasteiger partial charge in [-0.3, -0.25) is 4.99 Å². The second-order valence-corrected chi connectivity index (χ2v) is 5.40. The van der Waals surface area contributed by atoms with Crippen LogP contribution in [0.15, 0.2) is 4.99 Å². The topological polar surface area (TPSA) is 59.6 Å². The van der Waals surface area contributed by atoms with Crippen molar-refractivity contribution in [3.8, 4) is 0 Å². The lowest BCUT2D eigenvalue weighted by Crippen LogP contribution is -2.34. The van der Waals surface area contributed by atoms with Crippen molar-refractivity contribution in [3.63, 3.8) is 0 Å². The van der Waals surface area contributed by atoms with Crippen LogP contribution in [-0.4, -0.2) is 43.3 Å². The minimum absolute atomic E-state index is 0.283. The Morgan fingerprint density at radius 3 is 3.12 bits per heavy atom. The van der Waals surface area contributed by atoms with E-state index in [-0.39, 0.29) is 6.10 Å². The summed E-state index contributed by atoms with van der Waals surface area (Å²) in [6, 6.07) is 0. The standard InChI is InChI=1S/C11H23N3OS/c1-9(16-2)5-6-13-11(12)14-8-10-4-3-7-15-10/h9-10H,3-8H2,1-2H3,(H3,12,13,14). The van der Waals surface area contributed by atoms with Crippen LogP contribution in [0.2, 0.25) is 0 Å². The molecule has 0 saturated carbocycles. The highest BCUT2D eigenvalue weighted by Crippen LogP contribution is 2.11. The van der Waals surface area contributed by atoms with Crippen LogP contribution in [-0.2, 0) is 4.74 Å². The zero-order chi connectivity index (χ0) is 11.8. The van der Waals surface area contributed by atoms with Gasteiger partial charge in [0, 0.05) is 18.4 Å². The maximum absolute atomic E-state index is 5.76. The molecule has 1 saturated heterocycles. The van der Waals surface area contributed by atoms with E-state index in [0.717, 1.165) is 32.4 Å². The summed E-state index contributed by atoms with van der Waals surface area (Å²) >= 11 is 1.87. The average molecular weight is 245 g/mol. The predicted octanol–water partition coefficient (Wildman–Crippen LogP) is 1.21. The van der Waals surface area contributed by atoms with Gasteiger partial charge in [0.15, 0.2) is 5.96 Å². The van der Waals surface area contributed by atoms with Gasteiger partial charge in [0.25, 0.3) is 0 Å². The zero-order valence-electron chi connectivity index (χ0n) is 10.2. The number of rotatable bonds is 6. The Hall–Kier alpha value is -0.420. The molecule has 2 unspecified atom stereocenters. The number of nitrogens with two attached hydrogens (primary N) is 1. The number of guanidine groups is 1. The molecule has 1 rings (SSSR count). The van der Waals surface area contributed by atoms with E-state index in [2.05, 4.69) is 23.5 Å². The summed E-state index contributed by atoms with van der Waals surface area (Å²) in [4.78, 5) is 4.28. The fourth-order valence-corrected chi connectivity index (χ4v) is 1.92. The first-order valence-corrected chi connectivity index (χ1v) is 7.19. The van der Waals surface area contributed by atoms with Crippen LogP contribution in [0.4, 0.5) is 0 Å². The van der Waals surface area contributed by atoms with E-state index in [9.17, 15) is 0 Å². The second-order valence-electron chi connectivity index (χ2n) is 4.12. The number of nitrogens with one attached hydrogen (secondary N) is 1. The number of ether oxygens (including phenoxy) is 1. The minimum Gasteiger partial charge on any atom is -0.376 e. The molecule has 0 aromatic heterocycles. The van der Waals surface area contributed by atoms with E-state index < -0.39 is 0 Å². The molecule has 94 valence electrons. The van der Waals surface area contributed by atoms with E-state index in [0.29, 0.717) is 17.8 Å². The number of hydrogen-bond donors (Lipinski definition) is 2. The van der Waals surface area contributed by atoms with Gasteiger partial charge in [0.1, 0.15) is 0 Å². The number of hydrogen-bond acceptors (Lipinski definition) is 3. The predicted molar refractivity (Wildman–Crippen MR) is 71.1 cm³/mol. The van der Waals surface area contributed by atoms with Crippen LogP contribution in [0.3, 0.4) is 0 Å². The highest BCUT2D eigenvalue weighted by molar-refractivity contribution is 7.99. The Morgan fingerprint density at radius 1 is 1.69 bits per heavy atom. The number of thioether (sulfide) groups is 1. The van der Waals surface area contributed by atoms with Gasteiger partial charge in [0.05, 0.1) is 12.6 Å². The molecule has 1 heterocycles. The Labute approximate surface area is 102 Å². The summed E-state index contributed by atoms with van der Waals surface area (Å²) < 4.78 is 5.47. The van der Waals surface area contributed by atoms with Crippen molar-refractivity contribution >= 4 is 17.7 Å². The molecule has 0 radical (unpaired) electrons. The fraction of sp³-hybridized carbons (Fsp3) is 0.909. The molecule has 0 aliphatic carbocycles. The third kappa shape index (κ3) is 5.61. The second kappa shape index (κ2) is 7.79. The van der Waals surface area contributed by atoms with E-state index in [1.54, 1.807) is 0 Å². The van der Waals surface area contributed by atoms with Gasteiger partial charge in [-0.05, 0) is 25.5 Å². The number of aliphatic imine (C=N–C) groups is 1. The van der Waals surface area contributed by atoms with Crippen molar-refractivity contribution < 1.29 is 4.74 Å². The van der Waals surface area contributed by atoms with Crippen LogP contribution in [0.5, 0.6) is 0 Å². The SMILES string of the molecule is CSC(C)CCNC(N)=NCC1CCCO1. The molecular formula is C11H23N3OS. The molecule has 0 aromatic carbocycles. The molecule has 5 heteroatoms. The van der Waals surface area contributed by atoms with Crippen LogP contribution >= 0.6 is 11.8 Å². The van der Waals surface area contributed by atoms with Gasteiger partial charge >= 0.3 is 0 Å². The molecule has 1 aliphatic heterocycles. The highest BCUT2D eigenvalue weighted by atomic mass is 32.2. The third-order valence-corrected chi connectivity index (χ3v) is 3.79. The first-order chi connectivity index (χ1) is 7.72. The van der Waals surface area contributed by atoms with Crippen LogP contribution < -0.4 is 11.1 Å². The van der Waals surface area contributed by atoms with E-state index in [1.807, 2.05) is 11.8 Å². The molecule has 1 fully saturated rings. The van der Waals surface area contributed by atoms with Crippen molar-refractivity contribution in [2.45, 2.75) is 37.5 Å². The Kier molecular flexibility index (Phi) is 6.64. The van der Waals surface area contributed by atoms with E-state index in [1.165, 1.54) is 0 Å². The fourth-order valence-electron chi connectivity index (χ4n) is 1.57. The normalized spacial score (nSPS) is 23.4. The van der Waals surface area contributed by atoms with E-state index >= 15 is 0 Å². The Bertz CT molecular complexity index is 217. The van der Waals surface area contributed by atoms with Crippen molar-refractivity contribution in [2.75, 3.05) is 26.0 Å². The third-order valence-electron chi connectivity index (χ3n) is 2.75. The molecule has 1 aliphatic rings. The van der Waals surface area contributed by atoms with Gasteiger partial charge in [0.2, 0.25) is 0 Å². The lowest BCUT2D eigenvalue weighted by molar-refractivity contribution is 0.118. The first kappa shape index (κ1) is 13.6. The quantitative estimate of drug-likeness (QED) is 0.545. The smallest absolute Gasteiger partial charge is 0.188 e. The maximum Gasteiger partial charge on any atom is 0.188 e. The zero-order valence-corrected chi connectivity index (χ0v) is 11.1. The van der Waals surface area contributed by atoms with Gasteiger partial charge in [-0.1, -0.05) is 6.92 Å². The molecule has 0 aromatic rings. The largest absolute Gasteiger partial charge is 0.376 e. The Balaban J connectivity index is 2.08. The van der Waals surface area contributed by atoms with Crippen LogP contribution in [0.1, 0.15) is 26.2 Å². The van der Waals surface area contributed by atoms with Gasteiger partial charge in [-0.25, -0.2) is 0 Å². The van der Waals surface area contributed by atoms with Crippen LogP contribution in [0.25, 0.3) is 0 Å².